The van der Waals surface area contributed by atoms with E-state index in [1.54, 1.807) is 5.56 Å². The first-order valence-electron chi connectivity index (χ1n) is 8.55. The maximum absolute atomic E-state index is 11.8. The van der Waals surface area contributed by atoms with E-state index in [2.05, 4.69) is 18.2 Å². The van der Waals surface area contributed by atoms with Gasteiger partial charge in [0.25, 0.3) is 0 Å². The van der Waals surface area contributed by atoms with Crippen LogP contribution in [0.1, 0.15) is 61.3 Å². The summed E-state index contributed by atoms with van der Waals surface area (Å²) in [5.41, 5.74) is 4.71. The molecule has 2 fully saturated rings. The van der Waals surface area contributed by atoms with Crippen molar-refractivity contribution in [3.8, 4) is 0 Å². The zero-order valence-electron chi connectivity index (χ0n) is 13.3. The molecule has 1 saturated heterocycles. The van der Waals surface area contributed by atoms with Crippen LogP contribution >= 0.6 is 0 Å². The first-order valence-corrected chi connectivity index (χ1v) is 8.55. The van der Waals surface area contributed by atoms with E-state index < -0.39 is 0 Å². The third-order valence-electron chi connectivity index (χ3n) is 6.13. The van der Waals surface area contributed by atoms with Gasteiger partial charge < -0.3 is 9.47 Å². The van der Waals surface area contributed by atoms with Crippen LogP contribution in [0.5, 0.6) is 0 Å². The Balaban J connectivity index is 1.57. The highest BCUT2D eigenvalue weighted by molar-refractivity contribution is 5.72. The molecule has 2 aliphatic carbocycles. The topological polar surface area (TPSA) is 35.5 Å². The molecule has 0 aromatic heterocycles. The molecule has 118 valence electrons. The molecule has 1 heterocycles. The number of hydrogen-bond acceptors (Lipinski definition) is 3. The number of aryl methyl sites for hydroxylation is 1. The zero-order valence-corrected chi connectivity index (χ0v) is 13.3. The molecule has 0 radical (unpaired) electrons. The van der Waals surface area contributed by atoms with E-state index in [1.807, 2.05) is 0 Å². The van der Waals surface area contributed by atoms with E-state index in [0.717, 1.165) is 38.7 Å². The van der Waals surface area contributed by atoms with Crippen LogP contribution in [0.3, 0.4) is 0 Å². The van der Waals surface area contributed by atoms with Gasteiger partial charge >= 0.3 is 5.97 Å². The summed E-state index contributed by atoms with van der Waals surface area (Å²) >= 11 is 0. The van der Waals surface area contributed by atoms with Crippen molar-refractivity contribution in [2.45, 2.75) is 56.5 Å². The molecule has 0 N–H and O–H groups in total. The lowest BCUT2D eigenvalue weighted by molar-refractivity contribution is -0.147. The standard InChI is InChI=1S/C19H24O3/c1-21-18(20)14-5-9-19(10-6-14)8-4-13-2-3-15(12-16(13)19)17-7-11-22-17/h2-3,12,14,17H,4-11H2,1H3. The van der Waals surface area contributed by atoms with E-state index in [-0.39, 0.29) is 11.9 Å². The van der Waals surface area contributed by atoms with Gasteiger partial charge in [-0.15, -0.1) is 0 Å². The predicted octanol–water partition coefficient (Wildman–Crippen LogP) is 3.70. The van der Waals surface area contributed by atoms with E-state index in [1.165, 1.54) is 31.1 Å². The molecule has 4 rings (SSSR count). The Hall–Kier alpha value is -1.35. The summed E-state index contributed by atoms with van der Waals surface area (Å²) < 4.78 is 10.6. The minimum absolute atomic E-state index is 0.0234. The molecule has 3 nitrogen and oxygen atoms in total. The molecule has 1 aromatic carbocycles. The smallest absolute Gasteiger partial charge is 0.308 e. The van der Waals surface area contributed by atoms with Gasteiger partial charge in [-0.05, 0) is 60.6 Å². The van der Waals surface area contributed by atoms with Crippen LogP contribution in [0.15, 0.2) is 18.2 Å². The molecule has 1 aliphatic heterocycles. The highest BCUT2D eigenvalue weighted by Crippen LogP contribution is 2.51. The van der Waals surface area contributed by atoms with Crippen molar-refractivity contribution in [1.29, 1.82) is 0 Å². The predicted molar refractivity (Wildman–Crippen MR) is 83.7 cm³/mol. The van der Waals surface area contributed by atoms with Crippen LogP contribution < -0.4 is 0 Å². The van der Waals surface area contributed by atoms with Gasteiger partial charge in [-0.2, -0.15) is 0 Å². The summed E-state index contributed by atoms with van der Waals surface area (Å²) in [6.07, 6.45) is 8.07. The third kappa shape index (κ3) is 2.18. The molecule has 1 atom stereocenters. The van der Waals surface area contributed by atoms with Crippen molar-refractivity contribution in [2.75, 3.05) is 13.7 Å². The van der Waals surface area contributed by atoms with Gasteiger partial charge in [-0.25, -0.2) is 0 Å². The summed E-state index contributed by atoms with van der Waals surface area (Å²) in [5, 5.41) is 0. The third-order valence-corrected chi connectivity index (χ3v) is 6.13. The summed E-state index contributed by atoms with van der Waals surface area (Å²) in [6, 6.07) is 6.97. The van der Waals surface area contributed by atoms with Gasteiger partial charge in [0.1, 0.15) is 0 Å². The van der Waals surface area contributed by atoms with Crippen molar-refractivity contribution in [1.82, 2.24) is 0 Å². The van der Waals surface area contributed by atoms with Crippen molar-refractivity contribution in [2.24, 2.45) is 5.92 Å². The molecule has 1 aromatic rings. The van der Waals surface area contributed by atoms with E-state index >= 15 is 0 Å². The molecule has 0 bridgehead atoms. The molecule has 0 amide bonds. The van der Waals surface area contributed by atoms with Crippen LogP contribution in [-0.2, 0) is 26.1 Å². The van der Waals surface area contributed by atoms with Gasteiger partial charge in [-0.1, -0.05) is 18.2 Å². The Kier molecular flexibility index (Phi) is 3.48. The fourth-order valence-corrected chi connectivity index (χ4v) is 4.61. The first-order chi connectivity index (χ1) is 10.7. The monoisotopic (exact) mass is 300 g/mol. The Labute approximate surface area is 132 Å². The largest absolute Gasteiger partial charge is 0.469 e. The maximum atomic E-state index is 11.8. The number of fused-ring (bicyclic) bond motifs is 2. The average Bonchev–Trinajstić information content (AvgIpc) is 2.84. The minimum atomic E-state index is -0.0234. The second-order valence-corrected chi connectivity index (χ2v) is 7.14. The lowest BCUT2D eigenvalue weighted by Gasteiger charge is -2.38. The van der Waals surface area contributed by atoms with Crippen LogP contribution in [0.2, 0.25) is 0 Å². The number of esters is 1. The van der Waals surface area contributed by atoms with E-state index in [4.69, 9.17) is 9.47 Å². The van der Waals surface area contributed by atoms with Crippen LogP contribution in [0.4, 0.5) is 0 Å². The van der Waals surface area contributed by atoms with Gasteiger partial charge in [0, 0.05) is 6.42 Å². The summed E-state index contributed by atoms with van der Waals surface area (Å²) in [5.74, 6) is 0.0857. The van der Waals surface area contributed by atoms with Gasteiger partial charge in [-0.3, -0.25) is 4.79 Å². The van der Waals surface area contributed by atoms with Crippen molar-refractivity contribution >= 4 is 5.97 Å². The molecule has 1 unspecified atom stereocenters. The SMILES string of the molecule is COC(=O)C1CCC2(CCc3ccc(C4CCO4)cc32)CC1. The Morgan fingerprint density at radius 2 is 2.00 bits per heavy atom. The summed E-state index contributed by atoms with van der Waals surface area (Å²) in [7, 11) is 1.50. The molecular weight excluding hydrogens is 276 g/mol. The number of benzene rings is 1. The number of ether oxygens (including phenoxy) is 2. The number of carbonyl (C=O) groups excluding carboxylic acids is 1. The molecule has 3 aliphatic rings. The van der Waals surface area contributed by atoms with E-state index in [0.29, 0.717) is 11.5 Å². The van der Waals surface area contributed by atoms with Crippen molar-refractivity contribution < 1.29 is 14.3 Å². The van der Waals surface area contributed by atoms with Crippen molar-refractivity contribution in [3.05, 3.63) is 34.9 Å². The molecule has 22 heavy (non-hydrogen) atoms. The average molecular weight is 300 g/mol. The summed E-state index contributed by atoms with van der Waals surface area (Å²) in [6.45, 7) is 0.897. The maximum Gasteiger partial charge on any atom is 0.308 e. The normalized spacial score (nSPS) is 33.3. The highest BCUT2D eigenvalue weighted by atomic mass is 16.5. The number of hydrogen-bond donors (Lipinski definition) is 0. The number of methoxy groups -OCH3 is 1. The van der Waals surface area contributed by atoms with Crippen LogP contribution in [0, 0.1) is 5.92 Å². The first kappa shape index (κ1) is 14.3. The van der Waals surface area contributed by atoms with Crippen LogP contribution in [0.25, 0.3) is 0 Å². The van der Waals surface area contributed by atoms with Gasteiger partial charge in [0.15, 0.2) is 0 Å². The van der Waals surface area contributed by atoms with Gasteiger partial charge in [0.2, 0.25) is 0 Å². The quantitative estimate of drug-likeness (QED) is 0.781. The molecule has 3 heteroatoms. The Morgan fingerprint density at radius 3 is 2.64 bits per heavy atom. The van der Waals surface area contributed by atoms with Gasteiger partial charge in [0.05, 0.1) is 25.7 Å². The van der Waals surface area contributed by atoms with Crippen LogP contribution in [-0.4, -0.2) is 19.7 Å². The molecular formula is C19H24O3. The number of carbonyl (C=O) groups is 1. The Bertz CT molecular complexity index is 580. The highest BCUT2D eigenvalue weighted by Gasteiger charge is 2.43. The molecule has 1 spiro atoms. The lowest BCUT2D eigenvalue weighted by Crippen LogP contribution is -2.33. The Morgan fingerprint density at radius 1 is 1.23 bits per heavy atom. The summed E-state index contributed by atoms with van der Waals surface area (Å²) in [4.78, 5) is 11.8. The lowest BCUT2D eigenvalue weighted by atomic mass is 9.67. The molecule has 1 saturated carbocycles. The van der Waals surface area contributed by atoms with E-state index in [9.17, 15) is 4.79 Å². The fraction of sp³-hybridized carbons (Fsp3) is 0.632. The number of rotatable bonds is 2. The van der Waals surface area contributed by atoms with Crippen molar-refractivity contribution in [3.63, 3.8) is 0 Å². The minimum Gasteiger partial charge on any atom is -0.469 e. The second kappa shape index (κ2) is 5.38. The fourth-order valence-electron chi connectivity index (χ4n) is 4.61. The zero-order chi connectivity index (χ0) is 15.2. The second-order valence-electron chi connectivity index (χ2n) is 7.14.